The molecular weight excluding hydrogens is 310 g/mol. The number of benzene rings is 1. The monoisotopic (exact) mass is 333 g/mol. The summed E-state index contributed by atoms with van der Waals surface area (Å²) in [7, 11) is 1.68. The second-order valence-electron chi connectivity index (χ2n) is 5.64. The molecule has 1 aliphatic rings. The Morgan fingerprint density at radius 1 is 1.17 bits per heavy atom. The molecule has 0 spiro atoms. The number of anilines is 1. The molecule has 124 valence electrons. The van der Waals surface area contributed by atoms with Crippen LogP contribution >= 0.6 is 11.5 Å². The average Bonchev–Trinajstić information content (AvgIpc) is 3.05. The van der Waals surface area contributed by atoms with Gasteiger partial charge >= 0.3 is 0 Å². The van der Waals surface area contributed by atoms with Gasteiger partial charge in [0.25, 0.3) is 0 Å². The van der Waals surface area contributed by atoms with Crippen molar-refractivity contribution in [3.8, 4) is 5.75 Å². The van der Waals surface area contributed by atoms with Crippen LogP contribution in [-0.2, 0) is 6.42 Å². The number of nitrogens with two attached hydrogens (primary N) is 1. The third kappa shape index (κ3) is 4.19. The van der Waals surface area contributed by atoms with Gasteiger partial charge < -0.3 is 15.4 Å². The number of methoxy groups -OCH3 is 1. The summed E-state index contributed by atoms with van der Waals surface area (Å²) in [6.07, 6.45) is 0.758. The fourth-order valence-electron chi connectivity index (χ4n) is 2.72. The normalized spacial score (nSPS) is 15.8. The Hall–Kier alpha value is -1.70. The van der Waals surface area contributed by atoms with Crippen LogP contribution in [0.1, 0.15) is 11.4 Å². The average molecular weight is 333 g/mol. The van der Waals surface area contributed by atoms with Crippen molar-refractivity contribution in [1.82, 2.24) is 14.3 Å². The van der Waals surface area contributed by atoms with E-state index in [1.165, 1.54) is 17.1 Å². The number of hydrogen-bond acceptors (Lipinski definition) is 7. The van der Waals surface area contributed by atoms with E-state index < -0.39 is 0 Å². The molecule has 2 aromatic rings. The Balaban J connectivity index is 1.57. The van der Waals surface area contributed by atoms with Gasteiger partial charge in [-0.25, -0.2) is 4.98 Å². The van der Waals surface area contributed by atoms with Crippen LogP contribution in [0.2, 0.25) is 0 Å². The van der Waals surface area contributed by atoms with E-state index >= 15 is 0 Å². The van der Waals surface area contributed by atoms with Crippen LogP contribution < -0.4 is 15.4 Å². The number of aromatic nitrogens is 2. The van der Waals surface area contributed by atoms with Gasteiger partial charge in [0.2, 0.25) is 5.13 Å². The number of piperazine rings is 1. The summed E-state index contributed by atoms with van der Waals surface area (Å²) in [5.74, 6) is 1.76. The third-order valence-electron chi connectivity index (χ3n) is 4.07. The van der Waals surface area contributed by atoms with Crippen LogP contribution in [-0.4, -0.2) is 60.6 Å². The van der Waals surface area contributed by atoms with E-state index in [1.54, 1.807) is 7.11 Å². The van der Waals surface area contributed by atoms with E-state index in [4.69, 9.17) is 15.5 Å². The first-order valence-corrected chi connectivity index (χ1v) is 8.68. The Labute approximate surface area is 141 Å². The van der Waals surface area contributed by atoms with E-state index in [2.05, 4.69) is 26.3 Å². The highest BCUT2D eigenvalue weighted by Crippen LogP contribution is 2.21. The molecule has 1 saturated heterocycles. The van der Waals surface area contributed by atoms with Gasteiger partial charge in [0.05, 0.1) is 7.11 Å². The molecule has 1 aliphatic heterocycles. The SMILES string of the molecule is COc1ccc(Cc2nsc(N3CCN(CCN)CC3)n2)cc1. The Morgan fingerprint density at radius 3 is 2.57 bits per heavy atom. The van der Waals surface area contributed by atoms with Gasteiger partial charge in [0.1, 0.15) is 11.6 Å². The first kappa shape index (κ1) is 16.2. The highest BCUT2D eigenvalue weighted by Gasteiger charge is 2.19. The van der Waals surface area contributed by atoms with Crippen molar-refractivity contribution in [2.75, 3.05) is 51.3 Å². The third-order valence-corrected chi connectivity index (χ3v) is 4.88. The molecule has 23 heavy (non-hydrogen) atoms. The molecular formula is C16H23N5OS. The van der Waals surface area contributed by atoms with Crippen molar-refractivity contribution in [2.24, 2.45) is 5.73 Å². The van der Waals surface area contributed by atoms with Crippen LogP contribution in [0.4, 0.5) is 5.13 Å². The van der Waals surface area contributed by atoms with Crippen LogP contribution in [0.15, 0.2) is 24.3 Å². The maximum atomic E-state index is 5.62. The minimum atomic E-state index is 0.727. The van der Waals surface area contributed by atoms with Gasteiger partial charge in [0, 0.05) is 57.2 Å². The zero-order valence-electron chi connectivity index (χ0n) is 13.4. The highest BCUT2D eigenvalue weighted by atomic mass is 32.1. The van der Waals surface area contributed by atoms with Gasteiger partial charge in [-0.15, -0.1) is 0 Å². The maximum Gasteiger partial charge on any atom is 0.205 e. The van der Waals surface area contributed by atoms with Gasteiger partial charge in [-0.1, -0.05) is 12.1 Å². The smallest absolute Gasteiger partial charge is 0.205 e. The summed E-state index contributed by atoms with van der Waals surface area (Å²) in [4.78, 5) is 9.42. The largest absolute Gasteiger partial charge is 0.497 e. The van der Waals surface area contributed by atoms with Crippen molar-refractivity contribution in [2.45, 2.75) is 6.42 Å². The fourth-order valence-corrected chi connectivity index (χ4v) is 3.45. The van der Waals surface area contributed by atoms with Crippen LogP contribution in [0.3, 0.4) is 0 Å². The summed E-state index contributed by atoms with van der Waals surface area (Å²) < 4.78 is 9.69. The first-order chi connectivity index (χ1) is 11.3. The van der Waals surface area contributed by atoms with E-state index in [9.17, 15) is 0 Å². The Bertz CT molecular complexity index is 607. The Kier molecular flexibility index (Phi) is 5.43. The van der Waals surface area contributed by atoms with Crippen molar-refractivity contribution >= 4 is 16.7 Å². The number of nitrogens with zero attached hydrogens (tertiary/aromatic N) is 4. The van der Waals surface area contributed by atoms with Gasteiger partial charge in [-0.2, -0.15) is 4.37 Å². The second kappa shape index (κ2) is 7.72. The van der Waals surface area contributed by atoms with E-state index in [0.29, 0.717) is 0 Å². The fraction of sp³-hybridized carbons (Fsp3) is 0.500. The lowest BCUT2D eigenvalue weighted by Gasteiger charge is -2.33. The van der Waals surface area contributed by atoms with Gasteiger partial charge in [-0.3, -0.25) is 4.90 Å². The molecule has 3 rings (SSSR count). The topological polar surface area (TPSA) is 67.5 Å². The summed E-state index contributed by atoms with van der Waals surface area (Å²) in [5, 5.41) is 1.03. The van der Waals surface area contributed by atoms with Crippen molar-refractivity contribution in [3.05, 3.63) is 35.7 Å². The Morgan fingerprint density at radius 2 is 1.91 bits per heavy atom. The molecule has 0 aliphatic carbocycles. The van der Waals surface area contributed by atoms with E-state index in [1.807, 2.05) is 12.1 Å². The van der Waals surface area contributed by atoms with Gasteiger partial charge in [0.15, 0.2) is 0 Å². The standard InChI is InChI=1S/C16H23N5OS/c1-22-14-4-2-13(3-5-14)12-15-18-16(23-19-15)21-10-8-20(7-6-17)9-11-21/h2-5H,6-12,17H2,1H3. The van der Waals surface area contributed by atoms with Crippen molar-refractivity contribution < 1.29 is 4.74 Å². The molecule has 1 fully saturated rings. The minimum Gasteiger partial charge on any atom is -0.497 e. The van der Waals surface area contributed by atoms with Gasteiger partial charge in [-0.05, 0) is 17.7 Å². The molecule has 0 saturated carbocycles. The number of ether oxygens (including phenoxy) is 1. The molecule has 0 amide bonds. The predicted octanol–water partition coefficient (Wildman–Crippen LogP) is 1.22. The molecule has 0 atom stereocenters. The van der Waals surface area contributed by atoms with E-state index in [0.717, 1.165) is 62.4 Å². The lowest BCUT2D eigenvalue weighted by Crippen LogP contribution is -2.47. The number of rotatable bonds is 6. The predicted molar refractivity (Wildman–Crippen MR) is 93.4 cm³/mol. The molecule has 7 heteroatoms. The molecule has 0 bridgehead atoms. The van der Waals surface area contributed by atoms with Crippen LogP contribution in [0, 0.1) is 0 Å². The zero-order valence-corrected chi connectivity index (χ0v) is 14.3. The lowest BCUT2D eigenvalue weighted by molar-refractivity contribution is 0.265. The lowest BCUT2D eigenvalue weighted by atomic mass is 10.1. The first-order valence-electron chi connectivity index (χ1n) is 7.91. The summed E-state index contributed by atoms with van der Waals surface area (Å²) >= 11 is 1.49. The molecule has 2 heterocycles. The zero-order chi connectivity index (χ0) is 16.1. The second-order valence-corrected chi connectivity index (χ2v) is 6.37. The summed E-state index contributed by atoms with van der Waals surface area (Å²) in [5.41, 5.74) is 6.81. The molecule has 0 unspecified atom stereocenters. The summed E-state index contributed by atoms with van der Waals surface area (Å²) in [6, 6.07) is 8.06. The van der Waals surface area contributed by atoms with Crippen LogP contribution in [0.25, 0.3) is 0 Å². The maximum absolute atomic E-state index is 5.62. The highest BCUT2D eigenvalue weighted by molar-refractivity contribution is 7.09. The molecule has 1 aromatic carbocycles. The number of hydrogen-bond donors (Lipinski definition) is 1. The van der Waals surface area contributed by atoms with Crippen LogP contribution in [0.5, 0.6) is 5.75 Å². The molecule has 6 nitrogen and oxygen atoms in total. The summed E-state index contributed by atoms with van der Waals surface area (Å²) in [6.45, 7) is 5.79. The molecule has 2 N–H and O–H groups in total. The van der Waals surface area contributed by atoms with Crippen molar-refractivity contribution in [1.29, 1.82) is 0 Å². The minimum absolute atomic E-state index is 0.727. The molecule has 0 radical (unpaired) electrons. The quantitative estimate of drug-likeness (QED) is 0.857. The van der Waals surface area contributed by atoms with E-state index in [-0.39, 0.29) is 0 Å². The van der Waals surface area contributed by atoms with Crippen molar-refractivity contribution in [3.63, 3.8) is 0 Å². The molecule has 1 aromatic heterocycles.